The molecular formula is C14H21N5. The fourth-order valence-corrected chi connectivity index (χ4v) is 3.24. The molecule has 5 nitrogen and oxygen atoms in total. The first-order valence-corrected chi connectivity index (χ1v) is 6.98. The molecule has 1 aliphatic rings. The fraction of sp³-hybridized carbons (Fsp3) is 0.643. The Kier molecular flexibility index (Phi) is 2.82. The molecular weight excluding hydrogens is 238 g/mol. The Morgan fingerprint density at radius 2 is 2.11 bits per heavy atom. The van der Waals surface area contributed by atoms with Crippen LogP contribution in [0.2, 0.25) is 0 Å². The van der Waals surface area contributed by atoms with Gasteiger partial charge >= 0.3 is 0 Å². The first kappa shape index (κ1) is 12.5. The van der Waals surface area contributed by atoms with Crippen molar-refractivity contribution in [3.63, 3.8) is 0 Å². The second kappa shape index (κ2) is 4.27. The molecule has 0 radical (unpaired) electrons. The van der Waals surface area contributed by atoms with Crippen LogP contribution in [-0.4, -0.2) is 25.6 Å². The third-order valence-electron chi connectivity index (χ3n) is 4.48. The summed E-state index contributed by atoms with van der Waals surface area (Å²) in [6.45, 7) is 6.27. The Morgan fingerprint density at radius 1 is 1.32 bits per heavy atom. The summed E-state index contributed by atoms with van der Waals surface area (Å²) in [5.74, 6) is 1.66. The van der Waals surface area contributed by atoms with Crippen molar-refractivity contribution in [3.05, 3.63) is 23.3 Å². The molecule has 2 N–H and O–H groups in total. The van der Waals surface area contributed by atoms with Gasteiger partial charge in [-0.25, -0.2) is 4.98 Å². The van der Waals surface area contributed by atoms with Crippen LogP contribution in [0, 0.1) is 13.8 Å². The molecule has 102 valence electrons. The van der Waals surface area contributed by atoms with Crippen LogP contribution in [0.1, 0.15) is 49.8 Å². The maximum Gasteiger partial charge on any atom is 0.255 e. The van der Waals surface area contributed by atoms with Crippen LogP contribution in [-0.2, 0) is 5.41 Å². The zero-order chi connectivity index (χ0) is 13.6. The lowest BCUT2D eigenvalue weighted by Gasteiger charge is -2.38. The Bertz CT molecular complexity index is 618. The molecule has 19 heavy (non-hydrogen) atoms. The van der Waals surface area contributed by atoms with E-state index in [1.165, 1.54) is 12.8 Å². The summed E-state index contributed by atoms with van der Waals surface area (Å²) in [7, 11) is 0. The second-order valence-electron chi connectivity index (χ2n) is 5.97. The summed E-state index contributed by atoms with van der Waals surface area (Å²) in [6, 6.07) is 2.21. The van der Waals surface area contributed by atoms with Crippen LogP contribution in [0.3, 0.4) is 0 Å². The van der Waals surface area contributed by atoms with E-state index in [2.05, 4.69) is 39.5 Å². The summed E-state index contributed by atoms with van der Waals surface area (Å²) in [5.41, 5.74) is 8.38. The average Bonchev–Trinajstić information content (AvgIpc) is 2.77. The summed E-state index contributed by atoms with van der Waals surface area (Å²) in [4.78, 5) is 4.46. The number of fused-ring (bicyclic) bond motifs is 1. The Morgan fingerprint density at radius 3 is 2.84 bits per heavy atom. The molecule has 2 aromatic rings. The van der Waals surface area contributed by atoms with Gasteiger partial charge in [0.15, 0.2) is 0 Å². The quantitative estimate of drug-likeness (QED) is 0.849. The molecule has 0 aliphatic heterocycles. The first-order chi connectivity index (χ1) is 9.02. The van der Waals surface area contributed by atoms with E-state index in [1.54, 1.807) is 0 Å². The minimum Gasteiger partial charge on any atom is -0.327 e. The minimum absolute atomic E-state index is 0.0979. The highest BCUT2D eigenvalue weighted by molar-refractivity contribution is 5.35. The van der Waals surface area contributed by atoms with Crippen LogP contribution in [0.4, 0.5) is 0 Å². The predicted octanol–water partition coefficient (Wildman–Crippen LogP) is 1.90. The van der Waals surface area contributed by atoms with Crippen molar-refractivity contribution < 1.29 is 0 Å². The molecule has 0 saturated heterocycles. The zero-order valence-corrected chi connectivity index (χ0v) is 11.8. The van der Waals surface area contributed by atoms with E-state index in [1.807, 2.05) is 6.92 Å². The Hall–Kier alpha value is -1.49. The van der Waals surface area contributed by atoms with Gasteiger partial charge in [0.2, 0.25) is 0 Å². The SMILES string of the molecule is Cc1cc(C)n2c(C3(C)CCCCC3N)nnc2n1. The van der Waals surface area contributed by atoms with Crippen molar-refractivity contribution in [2.75, 3.05) is 0 Å². The van der Waals surface area contributed by atoms with Gasteiger partial charge in [0.1, 0.15) is 5.82 Å². The smallest absolute Gasteiger partial charge is 0.255 e. The number of hydrogen-bond donors (Lipinski definition) is 1. The van der Waals surface area contributed by atoms with Gasteiger partial charge in [-0.2, -0.15) is 0 Å². The summed E-state index contributed by atoms with van der Waals surface area (Å²) in [6.07, 6.45) is 4.55. The molecule has 0 amide bonds. The highest BCUT2D eigenvalue weighted by Gasteiger charge is 2.40. The van der Waals surface area contributed by atoms with E-state index in [0.29, 0.717) is 5.78 Å². The second-order valence-corrected chi connectivity index (χ2v) is 5.97. The van der Waals surface area contributed by atoms with Crippen molar-refractivity contribution in [1.82, 2.24) is 19.6 Å². The van der Waals surface area contributed by atoms with Crippen LogP contribution in [0.5, 0.6) is 0 Å². The molecule has 2 aromatic heterocycles. The van der Waals surface area contributed by atoms with Crippen LogP contribution >= 0.6 is 0 Å². The monoisotopic (exact) mass is 259 g/mol. The summed E-state index contributed by atoms with van der Waals surface area (Å²) >= 11 is 0. The number of aryl methyl sites for hydroxylation is 2. The van der Waals surface area contributed by atoms with Gasteiger partial charge in [-0.15, -0.1) is 10.2 Å². The van der Waals surface area contributed by atoms with Gasteiger partial charge in [0.05, 0.1) is 0 Å². The van der Waals surface area contributed by atoms with Crippen molar-refractivity contribution in [2.45, 2.75) is 57.9 Å². The molecule has 1 aliphatic carbocycles. The Labute approximate surface area is 113 Å². The van der Waals surface area contributed by atoms with E-state index in [0.717, 1.165) is 30.1 Å². The average molecular weight is 259 g/mol. The van der Waals surface area contributed by atoms with Gasteiger partial charge < -0.3 is 5.73 Å². The van der Waals surface area contributed by atoms with E-state index >= 15 is 0 Å². The first-order valence-electron chi connectivity index (χ1n) is 6.98. The van der Waals surface area contributed by atoms with E-state index in [4.69, 9.17) is 5.73 Å². The molecule has 0 bridgehead atoms. The van der Waals surface area contributed by atoms with Crippen molar-refractivity contribution >= 4 is 5.78 Å². The molecule has 1 fully saturated rings. The normalized spacial score (nSPS) is 27.9. The maximum atomic E-state index is 6.37. The molecule has 1 saturated carbocycles. The summed E-state index contributed by atoms with van der Waals surface area (Å²) in [5, 5.41) is 8.66. The predicted molar refractivity (Wildman–Crippen MR) is 74.1 cm³/mol. The van der Waals surface area contributed by atoms with Crippen molar-refractivity contribution in [3.8, 4) is 0 Å². The van der Waals surface area contributed by atoms with Gasteiger partial charge in [-0.05, 0) is 32.8 Å². The summed E-state index contributed by atoms with van der Waals surface area (Å²) < 4.78 is 2.07. The number of hydrogen-bond acceptors (Lipinski definition) is 4. The molecule has 3 rings (SSSR count). The lowest BCUT2D eigenvalue weighted by molar-refractivity contribution is 0.256. The molecule has 5 heteroatoms. The highest BCUT2D eigenvalue weighted by Crippen LogP contribution is 2.37. The molecule has 2 unspecified atom stereocenters. The van der Waals surface area contributed by atoms with Crippen molar-refractivity contribution in [1.29, 1.82) is 0 Å². The number of rotatable bonds is 1. The van der Waals surface area contributed by atoms with Gasteiger partial charge in [-0.1, -0.05) is 19.8 Å². The van der Waals surface area contributed by atoms with Crippen LogP contribution < -0.4 is 5.73 Å². The maximum absolute atomic E-state index is 6.37. The van der Waals surface area contributed by atoms with E-state index in [9.17, 15) is 0 Å². The number of aromatic nitrogens is 4. The van der Waals surface area contributed by atoms with Gasteiger partial charge in [-0.3, -0.25) is 4.40 Å². The van der Waals surface area contributed by atoms with E-state index < -0.39 is 0 Å². The third kappa shape index (κ3) is 1.84. The lowest BCUT2D eigenvalue weighted by Crippen LogP contribution is -2.46. The fourth-order valence-electron chi connectivity index (χ4n) is 3.24. The topological polar surface area (TPSA) is 69.1 Å². The van der Waals surface area contributed by atoms with Crippen LogP contribution in [0.25, 0.3) is 5.78 Å². The van der Waals surface area contributed by atoms with E-state index in [-0.39, 0.29) is 11.5 Å². The minimum atomic E-state index is -0.0979. The molecule has 2 heterocycles. The van der Waals surface area contributed by atoms with Gasteiger partial charge in [0, 0.05) is 22.8 Å². The third-order valence-corrected chi connectivity index (χ3v) is 4.48. The highest BCUT2D eigenvalue weighted by atomic mass is 15.3. The Balaban J connectivity index is 2.20. The lowest BCUT2D eigenvalue weighted by atomic mass is 9.71. The number of nitrogens with zero attached hydrogens (tertiary/aromatic N) is 4. The molecule has 0 spiro atoms. The van der Waals surface area contributed by atoms with Crippen LogP contribution in [0.15, 0.2) is 6.07 Å². The zero-order valence-electron chi connectivity index (χ0n) is 11.8. The standard InChI is InChI=1S/C14H21N5/c1-9-8-10(2)19-12(17-18-13(19)16-9)14(3)7-5-4-6-11(14)15/h8,11H,4-7,15H2,1-3H3. The number of nitrogens with two attached hydrogens (primary N) is 1. The largest absolute Gasteiger partial charge is 0.327 e. The molecule has 0 aromatic carbocycles. The van der Waals surface area contributed by atoms with Crippen molar-refractivity contribution in [2.24, 2.45) is 5.73 Å². The molecule has 2 atom stereocenters. The van der Waals surface area contributed by atoms with Gasteiger partial charge in [0.25, 0.3) is 5.78 Å².